The van der Waals surface area contributed by atoms with Gasteiger partial charge in [0.25, 0.3) is 0 Å². The van der Waals surface area contributed by atoms with Gasteiger partial charge in [0.2, 0.25) is 11.8 Å². The molecule has 21 heavy (non-hydrogen) atoms. The van der Waals surface area contributed by atoms with Crippen LogP contribution in [0.15, 0.2) is 28.7 Å². The third-order valence-electron chi connectivity index (χ3n) is 2.81. The lowest BCUT2D eigenvalue weighted by Crippen LogP contribution is -2.21. The van der Waals surface area contributed by atoms with Gasteiger partial charge in [-0.05, 0) is 17.7 Å². The van der Waals surface area contributed by atoms with Crippen LogP contribution < -0.4 is 5.32 Å². The predicted molar refractivity (Wildman–Crippen MR) is 70.5 cm³/mol. The summed E-state index contributed by atoms with van der Waals surface area (Å²) in [5.74, 6) is 0.848. The summed E-state index contributed by atoms with van der Waals surface area (Å²) in [5, 5.41) is 10.9. The molecule has 4 nitrogen and oxygen atoms in total. The maximum absolute atomic E-state index is 12.5. The topological polar surface area (TPSA) is 51.0 Å². The second-order valence-electron chi connectivity index (χ2n) is 5.00. The van der Waals surface area contributed by atoms with Gasteiger partial charge in [-0.15, -0.1) is 10.2 Å². The normalized spacial score (nSPS) is 12.1. The van der Waals surface area contributed by atoms with Crippen LogP contribution in [0.2, 0.25) is 0 Å². The van der Waals surface area contributed by atoms with Crippen LogP contribution >= 0.6 is 0 Å². The summed E-state index contributed by atoms with van der Waals surface area (Å²) in [7, 11) is 0. The molecule has 0 amide bonds. The van der Waals surface area contributed by atoms with Gasteiger partial charge in [0, 0.05) is 6.04 Å². The first-order chi connectivity index (χ1) is 9.84. The molecule has 2 aromatic rings. The molecule has 0 aliphatic rings. The lowest BCUT2D eigenvalue weighted by molar-refractivity contribution is -0.137. The second kappa shape index (κ2) is 6.26. The zero-order valence-corrected chi connectivity index (χ0v) is 11.7. The number of nitrogens with zero attached hydrogens (tertiary/aromatic N) is 2. The van der Waals surface area contributed by atoms with Crippen LogP contribution in [-0.2, 0) is 19.1 Å². The largest absolute Gasteiger partial charge is 0.424 e. The zero-order chi connectivity index (χ0) is 15.5. The molecule has 0 bridgehead atoms. The first kappa shape index (κ1) is 15.5. The third kappa shape index (κ3) is 4.56. The number of alkyl halides is 3. The van der Waals surface area contributed by atoms with Gasteiger partial charge in [0.15, 0.2) is 0 Å². The van der Waals surface area contributed by atoms with Gasteiger partial charge in [0.05, 0.1) is 18.5 Å². The molecule has 0 aliphatic heterocycles. The lowest BCUT2D eigenvalue weighted by atomic mass is 10.1. The van der Waals surface area contributed by atoms with E-state index in [1.807, 2.05) is 13.8 Å². The van der Waals surface area contributed by atoms with Crippen LogP contribution in [0.5, 0.6) is 0 Å². The van der Waals surface area contributed by atoms with E-state index >= 15 is 0 Å². The molecule has 114 valence electrons. The lowest BCUT2D eigenvalue weighted by Gasteiger charge is -2.06. The summed E-state index contributed by atoms with van der Waals surface area (Å²) in [6.45, 7) is 4.47. The van der Waals surface area contributed by atoms with Crippen molar-refractivity contribution in [2.75, 3.05) is 0 Å². The Balaban J connectivity index is 1.98. The van der Waals surface area contributed by atoms with Crippen molar-refractivity contribution in [3.05, 3.63) is 47.2 Å². The second-order valence-corrected chi connectivity index (χ2v) is 5.00. The Morgan fingerprint density at radius 3 is 2.29 bits per heavy atom. The highest BCUT2D eigenvalue weighted by Gasteiger charge is 2.29. The molecule has 0 radical (unpaired) electrons. The van der Waals surface area contributed by atoms with Gasteiger partial charge in [-0.1, -0.05) is 26.0 Å². The molecule has 0 saturated carbocycles. The number of hydrogen-bond donors (Lipinski definition) is 1. The molecule has 0 fully saturated rings. The fraction of sp³-hybridized carbons (Fsp3) is 0.429. The molecule has 2 rings (SSSR count). The van der Waals surface area contributed by atoms with Gasteiger partial charge < -0.3 is 9.73 Å². The quantitative estimate of drug-likeness (QED) is 0.921. The molecular formula is C14H16F3N3O. The number of hydrogen-bond acceptors (Lipinski definition) is 4. The van der Waals surface area contributed by atoms with Crippen molar-refractivity contribution in [1.29, 1.82) is 0 Å². The van der Waals surface area contributed by atoms with E-state index in [2.05, 4.69) is 15.5 Å². The van der Waals surface area contributed by atoms with E-state index in [4.69, 9.17) is 4.42 Å². The van der Waals surface area contributed by atoms with Crippen LogP contribution in [-0.4, -0.2) is 16.2 Å². The van der Waals surface area contributed by atoms with E-state index in [-0.39, 0.29) is 0 Å². The standard InChI is InChI=1S/C14H16F3N3O/c1-9(2)18-8-13-20-19-12(21-13)7-10-3-5-11(6-4-10)14(15,16)17/h3-6,9,18H,7-8H2,1-2H3. The minimum absolute atomic E-state index is 0.301. The summed E-state index contributed by atoms with van der Waals surface area (Å²) < 4.78 is 42.8. The minimum Gasteiger partial charge on any atom is -0.424 e. The average Bonchev–Trinajstić information content (AvgIpc) is 2.83. The fourth-order valence-electron chi connectivity index (χ4n) is 1.71. The van der Waals surface area contributed by atoms with E-state index in [0.29, 0.717) is 36.4 Å². The fourth-order valence-corrected chi connectivity index (χ4v) is 1.71. The Morgan fingerprint density at radius 1 is 1.10 bits per heavy atom. The molecule has 0 aliphatic carbocycles. The van der Waals surface area contributed by atoms with Crippen LogP contribution in [0.4, 0.5) is 13.2 Å². The third-order valence-corrected chi connectivity index (χ3v) is 2.81. The molecular weight excluding hydrogens is 283 g/mol. The van der Waals surface area contributed by atoms with Gasteiger partial charge in [-0.3, -0.25) is 0 Å². The summed E-state index contributed by atoms with van der Waals surface area (Å²) in [6, 6.07) is 5.23. The van der Waals surface area contributed by atoms with Crippen LogP contribution in [0.1, 0.15) is 36.8 Å². The Hall–Kier alpha value is -1.89. The van der Waals surface area contributed by atoms with Crippen molar-refractivity contribution in [2.45, 2.75) is 39.0 Å². The van der Waals surface area contributed by atoms with E-state index in [1.54, 1.807) is 0 Å². The minimum atomic E-state index is -4.32. The monoisotopic (exact) mass is 299 g/mol. The van der Waals surface area contributed by atoms with E-state index in [0.717, 1.165) is 12.1 Å². The maximum Gasteiger partial charge on any atom is 0.416 e. The number of benzene rings is 1. The molecule has 7 heteroatoms. The van der Waals surface area contributed by atoms with Crippen molar-refractivity contribution in [3.8, 4) is 0 Å². The smallest absolute Gasteiger partial charge is 0.416 e. The van der Waals surface area contributed by atoms with Gasteiger partial charge in [-0.2, -0.15) is 13.2 Å². The molecule has 1 heterocycles. The summed E-state index contributed by atoms with van der Waals surface area (Å²) >= 11 is 0. The highest BCUT2D eigenvalue weighted by molar-refractivity contribution is 5.26. The first-order valence-electron chi connectivity index (χ1n) is 6.55. The zero-order valence-electron chi connectivity index (χ0n) is 11.7. The van der Waals surface area contributed by atoms with Gasteiger partial charge in [-0.25, -0.2) is 0 Å². The van der Waals surface area contributed by atoms with Crippen LogP contribution in [0, 0.1) is 0 Å². The Labute approximate surface area is 120 Å². The number of nitrogens with one attached hydrogen (secondary N) is 1. The highest BCUT2D eigenvalue weighted by Crippen LogP contribution is 2.29. The molecule has 0 spiro atoms. The summed E-state index contributed by atoms with van der Waals surface area (Å²) in [6.07, 6.45) is -4.01. The number of rotatable bonds is 5. The van der Waals surface area contributed by atoms with Crippen LogP contribution in [0.3, 0.4) is 0 Å². The van der Waals surface area contributed by atoms with Crippen molar-refractivity contribution in [2.24, 2.45) is 0 Å². The SMILES string of the molecule is CC(C)NCc1nnc(Cc2ccc(C(F)(F)F)cc2)o1. The molecule has 0 atom stereocenters. The molecule has 1 N–H and O–H groups in total. The van der Waals surface area contributed by atoms with Gasteiger partial charge >= 0.3 is 6.18 Å². The van der Waals surface area contributed by atoms with Crippen molar-refractivity contribution in [3.63, 3.8) is 0 Å². The number of aromatic nitrogens is 2. The maximum atomic E-state index is 12.5. The highest BCUT2D eigenvalue weighted by atomic mass is 19.4. The van der Waals surface area contributed by atoms with Gasteiger partial charge in [0.1, 0.15) is 0 Å². The number of halogens is 3. The van der Waals surface area contributed by atoms with Crippen molar-refractivity contribution in [1.82, 2.24) is 15.5 Å². The van der Waals surface area contributed by atoms with E-state index in [9.17, 15) is 13.2 Å². The summed E-state index contributed by atoms with van der Waals surface area (Å²) in [5.41, 5.74) is 0.0219. The molecule has 0 saturated heterocycles. The van der Waals surface area contributed by atoms with Crippen LogP contribution in [0.25, 0.3) is 0 Å². The predicted octanol–water partition coefficient (Wildman–Crippen LogP) is 3.18. The Morgan fingerprint density at radius 2 is 1.71 bits per heavy atom. The first-order valence-corrected chi connectivity index (χ1v) is 6.55. The average molecular weight is 299 g/mol. The molecule has 1 aromatic heterocycles. The Kier molecular flexibility index (Phi) is 4.62. The van der Waals surface area contributed by atoms with Crippen molar-refractivity contribution < 1.29 is 17.6 Å². The molecule has 0 unspecified atom stereocenters. The van der Waals surface area contributed by atoms with E-state index in [1.165, 1.54) is 12.1 Å². The van der Waals surface area contributed by atoms with Crippen molar-refractivity contribution >= 4 is 0 Å². The molecule has 1 aromatic carbocycles. The summed E-state index contributed by atoms with van der Waals surface area (Å²) in [4.78, 5) is 0. The Bertz CT molecular complexity index is 576. The van der Waals surface area contributed by atoms with E-state index < -0.39 is 11.7 Å².